The Kier molecular flexibility index (Phi) is 3.82. The van der Waals surface area contributed by atoms with Crippen molar-refractivity contribution in [1.82, 2.24) is 14.7 Å². The number of hydrogen-bond donors (Lipinski definition) is 0. The minimum atomic E-state index is 0.0785. The number of hydrogen-bond acceptors (Lipinski definition) is 3. The zero-order valence-electron chi connectivity index (χ0n) is 12.6. The van der Waals surface area contributed by atoms with Gasteiger partial charge in [-0.2, -0.15) is 5.10 Å². The van der Waals surface area contributed by atoms with E-state index in [4.69, 9.17) is 4.42 Å². The summed E-state index contributed by atoms with van der Waals surface area (Å²) >= 11 is 0. The van der Waals surface area contributed by atoms with Crippen LogP contribution in [0.4, 0.5) is 0 Å². The van der Waals surface area contributed by atoms with Crippen LogP contribution in [0.5, 0.6) is 0 Å². The van der Waals surface area contributed by atoms with E-state index in [1.165, 1.54) is 6.42 Å². The number of furan rings is 1. The molecule has 1 aliphatic heterocycles. The smallest absolute Gasteiger partial charge is 0.257 e. The summed E-state index contributed by atoms with van der Waals surface area (Å²) in [6.45, 7) is 5.44. The fourth-order valence-electron chi connectivity index (χ4n) is 3.00. The summed E-state index contributed by atoms with van der Waals surface area (Å²) in [5.74, 6) is 0.772. The van der Waals surface area contributed by atoms with Gasteiger partial charge in [-0.15, -0.1) is 0 Å². The molecule has 0 N–H and O–H groups in total. The van der Waals surface area contributed by atoms with Gasteiger partial charge in [0.25, 0.3) is 5.91 Å². The highest BCUT2D eigenvalue weighted by atomic mass is 16.3. The Balaban J connectivity index is 1.78. The molecule has 0 radical (unpaired) electrons. The molecular weight excluding hydrogens is 266 g/mol. The topological polar surface area (TPSA) is 51.3 Å². The van der Waals surface area contributed by atoms with Crippen molar-refractivity contribution in [3.8, 4) is 0 Å². The van der Waals surface area contributed by atoms with Gasteiger partial charge in [-0.25, -0.2) is 0 Å². The fraction of sp³-hybridized carbons (Fsp3) is 0.500. The molecule has 2 aromatic heterocycles. The van der Waals surface area contributed by atoms with Gasteiger partial charge in [0.05, 0.1) is 30.6 Å². The van der Waals surface area contributed by atoms with Crippen LogP contribution >= 0.6 is 0 Å². The summed E-state index contributed by atoms with van der Waals surface area (Å²) in [5.41, 5.74) is 1.83. The minimum absolute atomic E-state index is 0.0785. The molecule has 2 aromatic rings. The SMILES string of the molecule is Cc1cnn(C[C@H]2CCCCN2C(=O)c2ccoc2C)c1. The molecule has 21 heavy (non-hydrogen) atoms. The molecular formula is C16H21N3O2. The number of likely N-dealkylation sites (tertiary alicyclic amines) is 1. The Morgan fingerprint density at radius 2 is 2.29 bits per heavy atom. The van der Waals surface area contributed by atoms with Crippen molar-refractivity contribution in [2.75, 3.05) is 6.54 Å². The average molecular weight is 287 g/mol. The molecule has 1 atom stereocenters. The van der Waals surface area contributed by atoms with Crippen LogP contribution in [-0.4, -0.2) is 33.2 Å². The highest BCUT2D eigenvalue weighted by Gasteiger charge is 2.29. The molecule has 0 unspecified atom stereocenters. The van der Waals surface area contributed by atoms with E-state index in [1.54, 1.807) is 12.3 Å². The molecule has 1 saturated heterocycles. The monoisotopic (exact) mass is 287 g/mol. The van der Waals surface area contributed by atoms with Gasteiger partial charge in [-0.05, 0) is 44.7 Å². The zero-order chi connectivity index (χ0) is 14.8. The Bertz CT molecular complexity index is 629. The van der Waals surface area contributed by atoms with Crippen molar-refractivity contribution in [3.05, 3.63) is 41.6 Å². The molecule has 0 aromatic carbocycles. The largest absolute Gasteiger partial charge is 0.469 e. The van der Waals surface area contributed by atoms with Crippen molar-refractivity contribution >= 4 is 5.91 Å². The Morgan fingerprint density at radius 3 is 2.95 bits per heavy atom. The molecule has 0 aliphatic carbocycles. The van der Waals surface area contributed by atoms with Gasteiger partial charge in [0.15, 0.2) is 0 Å². The molecule has 5 nitrogen and oxygen atoms in total. The highest BCUT2D eigenvalue weighted by Crippen LogP contribution is 2.22. The summed E-state index contributed by atoms with van der Waals surface area (Å²) in [7, 11) is 0. The number of rotatable bonds is 3. The van der Waals surface area contributed by atoms with Crippen molar-refractivity contribution in [2.45, 2.75) is 45.7 Å². The van der Waals surface area contributed by atoms with E-state index in [0.717, 1.165) is 31.5 Å². The second-order valence-electron chi connectivity index (χ2n) is 5.78. The van der Waals surface area contributed by atoms with Gasteiger partial charge in [-0.1, -0.05) is 0 Å². The van der Waals surface area contributed by atoms with E-state index >= 15 is 0 Å². The third-order valence-corrected chi connectivity index (χ3v) is 4.14. The van der Waals surface area contributed by atoms with Gasteiger partial charge in [0.2, 0.25) is 0 Å². The first-order chi connectivity index (χ1) is 10.1. The maximum absolute atomic E-state index is 12.7. The second-order valence-corrected chi connectivity index (χ2v) is 5.78. The number of aromatic nitrogens is 2. The highest BCUT2D eigenvalue weighted by molar-refractivity contribution is 5.95. The van der Waals surface area contributed by atoms with Crippen LogP contribution in [0.15, 0.2) is 29.1 Å². The maximum atomic E-state index is 12.7. The molecule has 112 valence electrons. The number of carbonyl (C=O) groups excluding carboxylic acids is 1. The van der Waals surface area contributed by atoms with E-state index in [2.05, 4.69) is 5.10 Å². The third-order valence-electron chi connectivity index (χ3n) is 4.14. The molecule has 0 spiro atoms. The Labute approximate surface area is 124 Å². The first-order valence-electron chi connectivity index (χ1n) is 7.49. The zero-order valence-corrected chi connectivity index (χ0v) is 12.6. The molecule has 3 rings (SSSR count). The predicted molar refractivity (Wildman–Crippen MR) is 79.1 cm³/mol. The summed E-state index contributed by atoms with van der Waals surface area (Å²) in [6.07, 6.45) is 8.73. The summed E-state index contributed by atoms with van der Waals surface area (Å²) in [4.78, 5) is 14.7. The van der Waals surface area contributed by atoms with Crippen LogP contribution in [0, 0.1) is 13.8 Å². The van der Waals surface area contributed by atoms with Crippen LogP contribution in [0.2, 0.25) is 0 Å². The van der Waals surface area contributed by atoms with Crippen molar-refractivity contribution in [2.24, 2.45) is 0 Å². The van der Waals surface area contributed by atoms with Crippen molar-refractivity contribution < 1.29 is 9.21 Å². The van der Waals surface area contributed by atoms with Crippen LogP contribution in [0.25, 0.3) is 0 Å². The first-order valence-corrected chi connectivity index (χ1v) is 7.49. The fourth-order valence-corrected chi connectivity index (χ4v) is 3.00. The third kappa shape index (κ3) is 2.86. The van der Waals surface area contributed by atoms with Crippen LogP contribution in [0.1, 0.15) is 40.9 Å². The van der Waals surface area contributed by atoms with Crippen LogP contribution < -0.4 is 0 Å². The molecule has 5 heteroatoms. The summed E-state index contributed by atoms with van der Waals surface area (Å²) < 4.78 is 7.21. The first kappa shape index (κ1) is 13.9. The molecule has 0 saturated carbocycles. The summed E-state index contributed by atoms with van der Waals surface area (Å²) in [5, 5.41) is 4.34. The van der Waals surface area contributed by atoms with Crippen LogP contribution in [0.3, 0.4) is 0 Å². The number of nitrogens with zero attached hydrogens (tertiary/aromatic N) is 3. The van der Waals surface area contributed by atoms with Crippen molar-refractivity contribution in [3.63, 3.8) is 0 Å². The van der Waals surface area contributed by atoms with E-state index in [0.29, 0.717) is 11.3 Å². The number of aryl methyl sites for hydroxylation is 2. The quantitative estimate of drug-likeness (QED) is 0.872. The van der Waals surface area contributed by atoms with Gasteiger partial charge < -0.3 is 9.32 Å². The minimum Gasteiger partial charge on any atom is -0.469 e. The van der Waals surface area contributed by atoms with E-state index in [1.807, 2.05) is 35.8 Å². The lowest BCUT2D eigenvalue weighted by Crippen LogP contribution is -2.46. The molecule has 3 heterocycles. The van der Waals surface area contributed by atoms with Crippen molar-refractivity contribution in [1.29, 1.82) is 0 Å². The van der Waals surface area contributed by atoms with Gasteiger partial charge in [-0.3, -0.25) is 9.48 Å². The predicted octanol–water partition coefficient (Wildman–Crippen LogP) is 2.79. The second kappa shape index (κ2) is 5.76. The maximum Gasteiger partial charge on any atom is 0.257 e. The average Bonchev–Trinajstić information content (AvgIpc) is 3.07. The lowest BCUT2D eigenvalue weighted by atomic mass is 10.0. The van der Waals surface area contributed by atoms with Gasteiger partial charge >= 0.3 is 0 Å². The summed E-state index contributed by atoms with van der Waals surface area (Å²) in [6, 6.07) is 1.97. The normalized spacial score (nSPS) is 19.0. The standard InChI is InChI=1S/C16H21N3O2/c1-12-9-17-18(10-12)11-14-5-3-4-7-19(14)16(20)15-6-8-21-13(15)2/h6,8-10,14H,3-5,7,11H2,1-2H3/t14-/m1/s1. The number of carbonyl (C=O) groups is 1. The Morgan fingerprint density at radius 1 is 1.43 bits per heavy atom. The molecule has 1 amide bonds. The Hall–Kier alpha value is -2.04. The van der Waals surface area contributed by atoms with Crippen LogP contribution in [-0.2, 0) is 6.54 Å². The molecule has 1 aliphatic rings. The van der Waals surface area contributed by atoms with E-state index in [-0.39, 0.29) is 11.9 Å². The molecule has 1 fully saturated rings. The van der Waals surface area contributed by atoms with Gasteiger partial charge in [0.1, 0.15) is 5.76 Å². The number of amides is 1. The van der Waals surface area contributed by atoms with E-state index < -0.39 is 0 Å². The number of piperidine rings is 1. The lowest BCUT2D eigenvalue weighted by Gasteiger charge is -2.35. The molecule has 0 bridgehead atoms. The lowest BCUT2D eigenvalue weighted by molar-refractivity contribution is 0.0582. The van der Waals surface area contributed by atoms with Gasteiger partial charge in [0, 0.05) is 12.7 Å². The van der Waals surface area contributed by atoms with E-state index in [9.17, 15) is 4.79 Å².